The minimum atomic E-state index is 0.402. The van der Waals surface area contributed by atoms with Crippen molar-refractivity contribution >= 4 is 17.7 Å². The van der Waals surface area contributed by atoms with Crippen LogP contribution in [0.1, 0.15) is 18.9 Å². The fourth-order valence-corrected chi connectivity index (χ4v) is 2.49. The molecule has 1 aliphatic heterocycles. The molecule has 0 amide bonds. The molecule has 12 heavy (non-hydrogen) atoms. The van der Waals surface area contributed by atoms with Gasteiger partial charge in [0, 0.05) is 5.75 Å². The maximum Gasteiger partial charge on any atom is 0.240 e. The summed E-state index contributed by atoms with van der Waals surface area (Å²) in [6.07, 6.45) is 2.37. The van der Waals surface area contributed by atoms with E-state index in [0.29, 0.717) is 12.0 Å². The maximum absolute atomic E-state index is 5.59. The first kappa shape index (κ1) is 7.85. The Morgan fingerprint density at radius 2 is 2.50 bits per heavy atom. The number of rotatable bonds is 1. The molecule has 0 spiro atoms. The van der Waals surface area contributed by atoms with Crippen LogP contribution in [0.2, 0.25) is 0 Å². The molecule has 1 atom stereocenters. The van der Waals surface area contributed by atoms with E-state index in [1.165, 1.54) is 12.2 Å². The fourth-order valence-electron chi connectivity index (χ4n) is 1.38. The third-order valence-electron chi connectivity index (χ3n) is 2.00. The minimum Gasteiger partial charge on any atom is -0.367 e. The van der Waals surface area contributed by atoms with Crippen LogP contribution in [0.3, 0.4) is 0 Å². The van der Waals surface area contributed by atoms with Gasteiger partial charge in [-0.2, -0.15) is 11.8 Å². The quantitative estimate of drug-likeness (QED) is 0.682. The Morgan fingerprint density at radius 3 is 3.08 bits per heavy atom. The molecule has 1 unspecified atom stereocenters. The minimum absolute atomic E-state index is 0.402. The van der Waals surface area contributed by atoms with Crippen molar-refractivity contribution in [1.82, 2.24) is 20.2 Å². The number of tetrazole rings is 1. The van der Waals surface area contributed by atoms with Gasteiger partial charge in [-0.3, -0.25) is 0 Å². The Hall–Kier alpha value is -0.780. The van der Waals surface area contributed by atoms with Gasteiger partial charge < -0.3 is 5.73 Å². The first-order valence-corrected chi connectivity index (χ1v) is 5.14. The van der Waals surface area contributed by atoms with Crippen LogP contribution in [-0.4, -0.2) is 31.7 Å². The summed E-state index contributed by atoms with van der Waals surface area (Å²) in [5, 5.41) is 11.0. The number of hydrogen-bond acceptors (Lipinski definition) is 5. The molecule has 0 aliphatic carbocycles. The molecule has 66 valence electrons. The standard InChI is InChI=1S/C6H11N5S/c7-6-8-9-10-11(6)5-2-1-3-12-4-5/h5H,1-4H2,(H2,7,8,10). The molecule has 0 saturated carbocycles. The molecule has 1 saturated heterocycles. The molecule has 1 aromatic rings. The molecular weight excluding hydrogens is 174 g/mol. The van der Waals surface area contributed by atoms with Gasteiger partial charge in [-0.05, 0) is 29.0 Å². The summed E-state index contributed by atoms with van der Waals surface area (Å²) in [7, 11) is 0. The highest BCUT2D eigenvalue weighted by atomic mass is 32.2. The molecule has 1 aromatic heterocycles. The van der Waals surface area contributed by atoms with E-state index in [1.807, 2.05) is 11.8 Å². The molecule has 1 fully saturated rings. The summed E-state index contributed by atoms with van der Waals surface area (Å²) in [4.78, 5) is 0. The molecule has 2 rings (SSSR count). The Balaban J connectivity index is 2.13. The molecule has 2 heterocycles. The Morgan fingerprint density at radius 1 is 1.58 bits per heavy atom. The lowest BCUT2D eigenvalue weighted by Gasteiger charge is -2.20. The van der Waals surface area contributed by atoms with Gasteiger partial charge in [-0.15, -0.1) is 0 Å². The van der Waals surface area contributed by atoms with Crippen LogP contribution in [-0.2, 0) is 0 Å². The van der Waals surface area contributed by atoms with Crippen molar-refractivity contribution < 1.29 is 0 Å². The zero-order chi connectivity index (χ0) is 8.39. The summed E-state index contributed by atoms with van der Waals surface area (Å²) in [5.41, 5.74) is 5.59. The lowest BCUT2D eigenvalue weighted by molar-refractivity contribution is 0.449. The van der Waals surface area contributed by atoms with E-state index in [0.717, 1.165) is 12.2 Å². The maximum atomic E-state index is 5.59. The predicted molar refractivity (Wildman–Crippen MR) is 47.8 cm³/mol. The number of hydrogen-bond donors (Lipinski definition) is 1. The van der Waals surface area contributed by atoms with Crippen LogP contribution in [0.25, 0.3) is 0 Å². The van der Waals surface area contributed by atoms with E-state index in [-0.39, 0.29) is 0 Å². The molecule has 0 radical (unpaired) electrons. The van der Waals surface area contributed by atoms with Crippen LogP contribution < -0.4 is 5.73 Å². The van der Waals surface area contributed by atoms with E-state index >= 15 is 0 Å². The van der Waals surface area contributed by atoms with E-state index in [2.05, 4.69) is 15.5 Å². The second kappa shape index (κ2) is 3.30. The lowest BCUT2D eigenvalue weighted by Crippen LogP contribution is -2.19. The van der Waals surface area contributed by atoms with Gasteiger partial charge in [-0.1, -0.05) is 5.10 Å². The predicted octanol–water partition coefficient (Wildman–Crippen LogP) is 0.323. The zero-order valence-corrected chi connectivity index (χ0v) is 7.50. The lowest BCUT2D eigenvalue weighted by atomic mass is 10.2. The fraction of sp³-hybridized carbons (Fsp3) is 0.833. The SMILES string of the molecule is Nc1nnnn1C1CCCSC1. The highest BCUT2D eigenvalue weighted by Crippen LogP contribution is 2.26. The number of nitrogen functional groups attached to an aromatic ring is 1. The van der Waals surface area contributed by atoms with Crippen LogP contribution in [0.15, 0.2) is 0 Å². The highest BCUT2D eigenvalue weighted by Gasteiger charge is 2.18. The van der Waals surface area contributed by atoms with Crippen molar-refractivity contribution in [3.8, 4) is 0 Å². The second-order valence-electron chi connectivity index (χ2n) is 2.85. The molecule has 1 aliphatic rings. The van der Waals surface area contributed by atoms with E-state index in [1.54, 1.807) is 4.68 Å². The summed E-state index contributed by atoms with van der Waals surface area (Å²) >= 11 is 1.94. The number of aromatic nitrogens is 4. The monoisotopic (exact) mass is 185 g/mol. The smallest absolute Gasteiger partial charge is 0.240 e. The van der Waals surface area contributed by atoms with E-state index in [9.17, 15) is 0 Å². The van der Waals surface area contributed by atoms with Gasteiger partial charge in [0.2, 0.25) is 5.95 Å². The van der Waals surface area contributed by atoms with Crippen LogP contribution in [0, 0.1) is 0 Å². The summed E-state index contributed by atoms with van der Waals surface area (Å²) < 4.78 is 1.73. The highest BCUT2D eigenvalue weighted by molar-refractivity contribution is 7.99. The van der Waals surface area contributed by atoms with Crippen LogP contribution in [0.4, 0.5) is 5.95 Å². The molecule has 6 heteroatoms. The number of nitrogens with two attached hydrogens (primary N) is 1. The van der Waals surface area contributed by atoms with Crippen molar-refractivity contribution in [3.05, 3.63) is 0 Å². The molecule has 0 aromatic carbocycles. The second-order valence-corrected chi connectivity index (χ2v) is 4.00. The summed E-state index contributed by atoms with van der Waals surface area (Å²) in [6.45, 7) is 0. The van der Waals surface area contributed by atoms with Crippen molar-refractivity contribution in [3.63, 3.8) is 0 Å². The van der Waals surface area contributed by atoms with Gasteiger partial charge in [-0.25, -0.2) is 4.68 Å². The first-order valence-electron chi connectivity index (χ1n) is 3.99. The van der Waals surface area contributed by atoms with Crippen molar-refractivity contribution in [2.75, 3.05) is 17.2 Å². The average Bonchev–Trinajstić information content (AvgIpc) is 2.53. The molecule has 5 nitrogen and oxygen atoms in total. The van der Waals surface area contributed by atoms with Crippen molar-refractivity contribution in [1.29, 1.82) is 0 Å². The topological polar surface area (TPSA) is 69.6 Å². The Labute approximate surface area is 74.7 Å². The summed E-state index contributed by atoms with van der Waals surface area (Å²) in [5.74, 6) is 2.76. The number of nitrogens with zero attached hydrogens (tertiary/aromatic N) is 4. The number of thioether (sulfide) groups is 1. The van der Waals surface area contributed by atoms with Gasteiger partial charge in [0.15, 0.2) is 0 Å². The van der Waals surface area contributed by atoms with Gasteiger partial charge in [0.25, 0.3) is 0 Å². The van der Waals surface area contributed by atoms with Crippen LogP contribution >= 0.6 is 11.8 Å². The Bertz CT molecular complexity index is 254. The van der Waals surface area contributed by atoms with Crippen molar-refractivity contribution in [2.24, 2.45) is 0 Å². The normalized spacial score (nSPS) is 24.2. The Kier molecular flexibility index (Phi) is 2.16. The third-order valence-corrected chi connectivity index (χ3v) is 3.20. The molecule has 2 N–H and O–H groups in total. The van der Waals surface area contributed by atoms with Crippen LogP contribution in [0.5, 0.6) is 0 Å². The van der Waals surface area contributed by atoms with Crippen molar-refractivity contribution in [2.45, 2.75) is 18.9 Å². The first-order chi connectivity index (χ1) is 5.88. The zero-order valence-electron chi connectivity index (χ0n) is 6.68. The van der Waals surface area contributed by atoms with Gasteiger partial charge in [0.05, 0.1) is 6.04 Å². The van der Waals surface area contributed by atoms with E-state index < -0.39 is 0 Å². The summed E-state index contributed by atoms with van der Waals surface area (Å²) in [6, 6.07) is 0.402. The molecular formula is C6H11N5S. The molecule has 0 bridgehead atoms. The average molecular weight is 185 g/mol. The van der Waals surface area contributed by atoms with Gasteiger partial charge >= 0.3 is 0 Å². The van der Waals surface area contributed by atoms with E-state index in [4.69, 9.17) is 5.73 Å². The number of anilines is 1. The largest absolute Gasteiger partial charge is 0.367 e. The third kappa shape index (κ3) is 1.38. The van der Waals surface area contributed by atoms with Gasteiger partial charge in [0.1, 0.15) is 0 Å².